The Labute approximate surface area is 120 Å². The number of benzene rings is 1. The van der Waals surface area contributed by atoms with Gasteiger partial charge in [0.25, 0.3) is 0 Å². The molecule has 0 saturated carbocycles. The predicted octanol–water partition coefficient (Wildman–Crippen LogP) is 2.30. The molecule has 20 heavy (non-hydrogen) atoms. The van der Waals surface area contributed by atoms with Crippen LogP contribution in [0.3, 0.4) is 0 Å². The topological polar surface area (TPSA) is 38.8 Å². The van der Waals surface area contributed by atoms with Crippen LogP contribution in [0.4, 0.5) is 0 Å². The van der Waals surface area contributed by atoms with E-state index in [1.807, 2.05) is 18.2 Å². The molecule has 0 N–H and O–H groups in total. The number of methoxy groups -OCH3 is 1. The molecule has 1 saturated heterocycles. The molecule has 0 amide bonds. The van der Waals surface area contributed by atoms with Gasteiger partial charge in [-0.15, -0.1) is 0 Å². The number of ether oxygens (including phenoxy) is 2. The molecule has 1 aromatic carbocycles. The zero-order chi connectivity index (χ0) is 14.5. The molecular weight excluding hydrogens is 254 g/mol. The lowest BCUT2D eigenvalue weighted by Gasteiger charge is -2.29. The summed E-state index contributed by atoms with van der Waals surface area (Å²) in [5.41, 5.74) is 0.973. The highest BCUT2D eigenvalue weighted by Gasteiger charge is 2.19. The van der Waals surface area contributed by atoms with E-state index in [2.05, 4.69) is 11.9 Å². The van der Waals surface area contributed by atoms with Crippen LogP contribution in [0.25, 0.3) is 0 Å². The van der Waals surface area contributed by atoms with Crippen molar-refractivity contribution in [2.75, 3.05) is 27.2 Å². The van der Waals surface area contributed by atoms with Gasteiger partial charge < -0.3 is 14.4 Å². The number of hydrogen-bond acceptors (Lipinski definition) is 4. The maximum atomic E-state index is 11.2. The van der Waals surface area contributed by atoms with E-state index in [9.17, 15) is 4.79 Å². The Morgan fingerprint density at radius 1 is 1.30 bits per heavy atom. The van der Waals surface area contributed by atoms with E-state index < -0.39 is 0 Å². The second-order valence-electron chi connectivity index (χ2n) is 5.48. The van der Waals surface area contributed by atoms with E-state index in [0.717, 1.165) is 43.0 Å². The molecule has 0 aromatic heterocycles. The summed E-state index contributed by atoms with van der Waals surface area (Å²) in [6, 6.07) is 5.73. The quantitative estimate of drug-likeness (QED) is 0.828. The van der Waals surface area contributed by atoms with Gasteiger partial charge in [-0.05, 0) is 44.5 Å². The minimum atomic E-state index is 0.153. The average molecular weight is 277 g/mol. The molecule has 1 aliphatic rings. The highest BCUT2D eigenvalue weighted by molar-refractivity contribution is 5.78. The zero-order valence-corrected chi connectivity index (χ0v) is 12.5. The Kier molecular flexibility index (Phi) is 5.01. The van der Waals surface area contributed by atoms with E-state index in [0.29, 0.717) is 6.42 Å². The Hall–Kier alpha value is -1.55. The van der Waals surface area contributed by atoms with E-state index in [-0.39, 0.29) is 11.9 Å². The van der Waals surface area contributed by atoms with Crippen molar-refractivity contribution in [3.05, 3.63) is 23.8 Å². The van der Waals surface area contributed by atoms with Crippen molar-refractivity contribution < 1.29 is 14.3 Å². The smallest absolute Gasteiger partial charge is 0.161 e. The van der Waals surface area contributed by atoms with Gasteiger partial charge in [0.2, 0.25) is 0 Å². The number of ketones is 1. The Morgan fingerprint density at radius 2 is 2.00 bits per heavy atom. The van der Waals surface area contributed by atoms with Crippen LogP contribution in [0.5, 0.6) is 11.5 Å². The van der Waals surface area contributed by atoms with E-state index in [1.54, 1.807) is 14.0 Å². The van der Waals surface area contributed by atoms with Gasteiger partial charge in [-0.1, -0.05) is 6.07 Å². The van der Waals surface area contributed by atoms with Crippen molar-refractivity contribution >= 4 is 5.78 Å². The Bertz CT molecular complexity index is 465. The SMILES string of the molecule is COc1ccc(CC(C)=O)cc1OC1CCN(C)CC1. The molecule has 0 aliphatic carbocycles. The number of hydrogen-bond donors (Lipinski definition) is 0. The number of nitrogens with zero attached hydrogens (tertiary/aromatic N) is 1. The van der Waals surface area contributed by atoms with Gasteiger partial charge in [0.1, 0.15) is 11.9 Å². The number of Topliss-reactive ketones (excluding diaryl/α,β-unsaturated/α-hetero) is 1. The van der Waals surface area contributed by atoms with E-state index >= 15 is 0 Å². The van der Waals surface area contributed by atoms with Crippen molar-refractivity contribution in [2.45, 2.75) is 32.3 Å². The molecule has 1 fully saturated rings. The number of likely N-dealkylation sites (tertiary alicyclic amines) is 1. The monoisotopic (exact) mass is 277 g/mol. The number of carbonyl (C=O) groups is 1. The molecule has 2 rings (SSSR count). The maximum Gasteiger partial charge on any atom is 0.161 e. The highest BCUT2D eigenvalue weighted by Crippen LogP contribution is 2.30. The van der Waals surface area contributed by atoms with Crippen LogP contribution in [0.2, 0.25) is 0 Å². The van der Waals surface area contributed by atoms with Gasteiger partial charge in [-0.3, -0.25) is 4.79 Å². The minimum Gasteiger partial charge on any atom is -0.493 e. The summed E-state index contributed by atoms with van der Waals surface area (Å²) in [6.07, 6.45) is 2.72. The summed E-state index contributed by atoms with van der Waals surface area (Å²) < 4.78 is 11.4. The van der Waals surface area contributed by atoms with Crippen LogP contribution >= 0.6 is 0 Å². The summed E-state index contributed by atoms with van der Waals surface area (Å²) in [6.45, 7) is 3.71. The standard InChI is InChI=1S/C16H23NO3/c1-12(18)10-13-4-5-15(19-3)16(11-13)20-14-6-8-17(2)9-7-14/h4-5,11,14H,6-10H2,1-3H3. The van der Waals surface area contributed by atoms with E-state index in [4.69, 9.17) is 9.47 Å². The van der Waals surface area contributed by atoms with Gasteiger partial charge in [0, 0.05) is 19.5 Å². The van der Waals surface area contributed by atoms with Crippen LogP contribution in [0.15, 0.2) is 18.2 Å². The fourth-order valence-corrected chi connectivity index (χ4v) is 2.49. The third-order valence-corrected chi connectivity index (χ3v) is 3.64. The van der Waals surface area contributed by atoms with Crippen molar-refractivity contribution in [1.29, 1.82) is 0 Å². The van der Waals surface area contributed by atoms with Crippen LogP contribution in [0, 0.1) is 0 Å². The number of carbonyl (C=O) groups excluding carboxylic acids is 1. The third-order valence-electron chi connectivity index (χ3n) is 3.64. The van der Waals surface area contributed by atoms with Crippen LogP contribution in [0.1, 0.15) is 25.3 Å². The summed E-state index contributed by atoms with van der Waals surface area (Å²) in [7, 11) is 3.77. The Balaban J connectivity index is 2.09. The van der Waals surface area contributed by atoms with Crippen molar-refractivity contribution in [3.63, 3.8) is 0 Å². The lowest BCUT2D eigenvalue weighted by molar-refractivity contribution is -0.116. The lowest BCUT2D eigenvalue weighted by Crippen LogP contribution is -2.35. The molecule has 4 nitrogen and oxygen atoms in total. The van der Waals surface area contributed by atoms with Gasteiger partial charge in [0.05, 0.1) is 7.11 Å². The number of piperidine rings is 1. The van der Waals surface area contributed by atoms with E-state index in [1.165, 1.54) is 0 Å². The molecule has 110 valence electrons. The molecule has 1 heterocycles. The highest BCUT2D eigenvalue weighted by atomic mass is 16.5. The molecule has 0 atom stereocenters. The predicted molar refractivity (Wildman–Crippen MR) is 78.5 cm³/mol. The molecule has 0 bridgehead atoms. The molecule has 0 radical (unpaired) electrons. The third kappa shape index (κ3) is 3.97. The second kappa shape index (κ2) is 6.75. The van der Waals surface area contributed by atoms with Crippen LogP contribution in [-0.2, 0) is 11.2 Å². The summed E-state index contributed by atoms with van der Waals surface area (Å²) in [4.78, 5) is 13.5. The summed E-state index contributed by atoms with van der Waals surface area (Å²) in [5, 5.41) is 0. The van der Waals surface area contributed by atoms with Crippen molar-refractivity contribution in [1.82, 2.24) is 4.90 Å². The number of rotatable bonds is 5. The second-order valence-corrected chi connectivity index (χ2v) is 5.48. The molecule has 1 aliphatic heterocycles. The fourth-order valence-electron chi connectivity index (χ4n) is 2.49. The Morgan fingerprint density at radius 3 is 2.60 bits per heavy atom. The zero-order valence-electron chi connectivity index (χ0n) is 12.5. The first-order chi connectivity index (χ1) is 9.58. The molecular formula is C16H23NO3. The first kappa shape index (κ1) is 14.9. The van der Waals surface area contributed by atoms with Gasteiger partial charge in [0.15, 0.2) is 11.5 Å². The largest absolute Gasteiger partial charge is 0.493 e. The van der Waals surface area contributed by atoms with Gasteiger partial charge in [-0.2, -0.15) is 0 Å². The normalized spacial score (nSPS) is 16.9. The average Bonchev–Trinajstić information content (AvgIpc) is 2.41. The lowest BCUT2D eigenvalue weighted by atomic mass is 10.1. The molecule has 1 aromatic rings. The minimum absolute atomic E-state index is 0.153. The van der Waals surface area contributed by atoms with Gasteiger partial charge >= 0.3 is 0 Å². The molecule has 0 unspecified atom stereocenters. The summed E-state index contributed by atoms with van der Waals surface area (Å²) in [5.74, 6) is 1.64. The van der Waals surface area contributed by atoms with Crippen molar-refractivity contribution in [3.8, 4) is 11.5 Å². The van der Waals surface area contributed by atoms with Gasteiger partial charge in [-0.25, -0.2) is 0 Å². The van der Waals surface area contributed by atoms with Crippen LogP contribution in [-0.4, -0.2) is 44.0 Å². The first-order valence-electron chi connectivity index (χ1n) is 7.10. The first-order valence-corrected chi connectivity index (χ1v) is 7.10. The summed E-state index contributed by atoms with van der Waals surface area (Å²) >= 11 is 0. The molecule has 0 spiro atoms. The van der Waals surface area contributed by atoms with Crippen LogP contribution < -0.4 is 9.47 Å². The fraction of sp³-hybridized carbons (Fsp3) is 0.562. The molecule has 4 heteroatoms. The maximum absolute atomic E-state index is 11.2. The van der Waals surface area contributed by atoms with Crippen molar-refractivity contribution in [2.24, 2.45) is 0 Å².